The number of nitrogens with zero attached hydrogens (tertiary/aromatic N) is 1. The minimum Gasteiger partial charge on any atom is -0.756 e. The summed E-state index contributed by atoms with van der Waals surface area (Å²) in [7, 11) is 1.28. The summed E-state index contributed by atoms with van der Waals surface area (Å²) in [6, 6.07) is -0.882. The number of rotatable bonds is 59. The van der Waals surface area contributed by atoms with Crippen LogP contribution >= 0.6 is 7.82 Å². The molecule has 1 amide bonds. The Morgan fingerprint density at radius 2 is 0.761 bits per heavy atom. The van der Waals surface area contributed by atoms with Crippen LogP contribution in [0.5, 0.6) is 0 Å². The highest BCUT2D eigenvalue weighted by atomic mass is 31.2. The normalized spacial score (nSPS) is 13.8. The Kier molecular flexibility index (Phi) is 53.5. The average molecular weight is 1030 g/mol. The quantitative estimate of drug-likeness (QED) is 0.0272. The number of aliphatic hydroxyl groups is 1. The van der Waals surface area contributed by atoms with Crippen LogP contribution in [0.15, 0.2) is 12.2 Å². The average Bonchev–Trinajstić information content (AvgIpc) is 3.33. The Bertz CT molecular complexity index is 1160. The molecule has 0 radical (unpaired) electrons. The first-order valence-electron chi connectivity index (χ1n) is 31.6. The van der Waals surface area contributed by atoms with Crippen LogP contribution < -0.4 is 10.2 Å². The third-order valence-electron chi connectivity index (χ3n) is 14.7. The van der Waals surface area contributed by atoms with Crippen molar-refractivity contribution in [1.82, 2.24) is 5.32 Å². The summed E-state index contributed by atoms with van der Waals surface area (Å²) in [5.41, 5.74) is 0. The molecule has 8 nitrogen and oxygen atoms in total. The van der Waals surface area contributed by atoms with Gasteiger partial charge in [0, 0.05) is 6.42 Å². The fourth-order valence-electron chi connectivity index (χ4n) is 9.81. The van der Waals surface area contributed by atoms with Crippen molar-refractivity contribution in [3.63, 3.8) is 0 Å². The molecule has 9 heteroatoms. The molecule has 0 aliphatic rings. The van der Waals surface area contributed by atoms with Gasteiger partial charge in [-0.3, -0.25) is 9.36 Å². The highest BCUT2D eigenvalue weighted by Gasteiger charge is 2.23. The molecular weight excluding hydrogens is 900 g/mol. The highest BCUT2D eigenvalue weighted by molar-refractivity contribution is 7.45. The highest BCUT2D eigenvalue weighted by Crippen LogP contribution is 2.38. The number of carbonyl (C=O) groups excluding carboxylic acids is 1. The van der Waals surface area contributed by atoms with Gasteiger partial charge in [-0.25, -0.2) is 0 Å². The van der Waals surface area contributed by atoms with Crippen LogP contribution in [0.4, 0.5) is 0 Å². The third kappa shape index (κ3) is 56.8. The standard InChI is InChI=1S/C62H125N2O6P/c1-6-8-10-12-14-16-18-20-22-24-25-26-27-28-29-30-31-32-33-34-35-36-37-38-40-42-44-46-48-50-52-54-56-62(66)63-60(59-70-71(67,68)69-58-57-64(3,4)5)61(65)55-53-51-49-47-45-43-41-39-23-21-19-17-15-13-11-9-7-2/h53,55,60-61,65H,6-52,54,56-59H2,1-5H3,(H-,63,66,67,68)/b55-53+/t60-,61+/m0/s1. The maximum Gasteiger partial charge on any atom is 0.268 e. The van der Waals surface area contributed by atoms with Gasteiger partial charge < -0.3 is 28.8 Å². The van der Waals surface area contributed by atoms with Gasteiger partial charge in [-0.2, -0.15) is 0 Å². The van der Waals surface area contributed by atoms with Gasteiger partial charge in [-0.1, -0.05) is 315 Å². The Hall–Kier alpha value is -0.760. The number of quaternary nitrogens is 1. The first-order valence-corrected chi connectivity index (χ1v) is 33.0. The number of phosphoric ester groups is 1. The monoisotopic (exact) mass is 1020 g/mol. The smallest absolute Gasteiger partial charge is 0.268 e. The molecule has 0 saturated carbocycles. The summed E-state index contributed by atoms with van der Waals surface area (Å²) in [5, 5.41) is 13.9. The zero-order valence-corrected chi connectivity index (χ0v) is 49.4. The van der Waals surface area contributed by atoms with Crippen molar-refractivity contribution >= 4 is 13.7 Å². The van der Waals surface area contributed by atoms with Gasteiger partial charge in [0.15, 0.2) is 0 Å². The molecule has 0 aromatic rings. The minimum absolute atomic E-state index is 0.00271. The molecule has 0 heterocycles. The molecule has 424 valence electrons. The van der Waals surface area contributed by atoms with E-state index in [-0.39, 0.29) is 19.1 Å². The van der Waals surface area contributed by atoms with Crippen LogP contribution in [0, 0.1) is 0 Å². The molecule has 0 bridgehead atoms. The van der Waals surface area contributed by atoms with Gasteiger partial charge in [-0.15, -0.1) is 0 Å². The third-order valence-corrected chi connectivity index (χ3v) is 15.7. The summed E-state index contributed by atoms with van der Waals surface area (Å²) >= 11 is 0. The molecule has 0 spiro atoms. The van der Waals surface area contributed by atoms with Crippen LogP contribution in [0.1, 0.15) is 328 Å². The van der Waals surface area contributed by atoms with E-state index in [0.717, 1.165) is 38.5 Å². The second-order valence-corrected chi connectivity index (χ2v) is 24.5. The van der Waals surface area contributed by atoms with Crippen molar-refractivity contribution in [3.05, 3.63) is 12.2 Å². The van der Waals surface area contributed by atoms with Crippen LogP contribution in [0.25, 0.3) is 0 Å². The zero-order valence-electron chi connectivity index (χ0n) is 48.5. The number of phosphoric acid groups is 1. The molecule has 0 aromatic heterocycles. The summed E-state index contributed by atoms with van der Waals surface area (Å²) < 4.78 is 23.4. The Balaban J connectivity index is 4.00. The van der Waals surface area contributed by atoms with Gasteiger partial charge in [0.25, 0.3) is 7.82 Å². The fourth-order valence-corrected chi connectivity index (χ4v) is 10.5. The molecule has 0 rings (SSSR count). The summed E-state index contributed by atoms with van der Waals surface area (Å²) in [5.74, 6) is -0.189. The van der Waals surface area contributed by atoms with E-state index >= 15 is 0 Å². The number of hydrogen-bond acceptors (Lipinski definition) is 6. The lowest BCUT2D eigenvalue weighted by molar-refractivity contribution is -0.870. The molecular formula is C62H125N2O6P. The van der Waals surface area contributed by atoms with Crippen LogP contribution in [-0.4, -0.2) is 68.5 Å². The lowest BCUT2D eigenvalue weighted by Crippen LogP contribution is -2.45. The molecule has 0 aromatic carbocycles. The van der Waals surface area contributed by atoms with Crippen LogP contribution in [0.3, 0.4) is 0 Å². The van der Waals surface area contributed by atoms with Crippen molar-refractivity contribution in [2.45, 2.75) is 341 Å². The van der Waals surface area contributed by atoms with E-state index in [0.29, 0.717) is 17.4 Å². The zero-order chi connectivity index (χ0) is 52.0. The van der Waals surface area contributed by atoms with E-state index in [1.165, 1.54) is 270 Å². The van der Waals surface area contributed by atoms with E-state index in [2.05, 4.69) is 19.2 Å². The number of carbonyl (C=O) groups is 1. The predicted octanol–water partition coefficient (Wildman–Crippen LogP) is 18.8. The summed E-state index contributed by atoms with van der Waals surface area (Å²) in [6.07, 6.45) is 67.4. The molecule has 1 unspecified atom stereocenters. The van der Waals surface area contributed by atoms with Crippen molar-refractivity contribution in [1.29, 1.82) is 0 Å². The van der Waals surface area contributed by atoms with Gasteiger partial charge in [0.05, 0.1) is 39.9 Å². The van der Waals surface area contributed by atoms with E-state index in [4.69, 9.17) is 9.05 Å². The van der Waals surface area contributed by atoms with Crippen LogP contribution in [-0.2, 0) is 18.4 Å². The first-order chi connectivity index (χ1) is 34.5. The summed E-state index contributed by atoms with van der Waals surface area (Å²) in [6.45, 7) is 4.70. The number of allylic oxidation sites excluding steroid dienone is 1. The van der Waals surface area contributed by atoms with Crippen molar-refractivity contribution in [3.8, 4) is 0 Å². The van der Waals surface area contributed by atoms with E-state index < -0.39 is 20.0 Å². The maximum atomic E-state index is 13.0. The van der Waals surface area contributed by atoms with E-state index in [1.54, 1.807) is 6.08 Å². The molecule has 0 aliphatic carbocycles. The number of nitrogens with one attached hydrogen (secondary N) is 1. The minimum atomic E-state index is -4.59. The number of likely N-dealkylation sites (N-methyl/N-ethyl adjacent to an activating group) is 1. The second kappa shape index (κ2) is 54.0. The molecule has 0 aliphatic heterocycles. The molecule has 2 N–H and O–H groups in total. The SMILES string of the molecule is CCCCCCCCCCCCCCCCC/C=C/[C@@H](O)[C@H](COP(=O)([O-])OCC[N+](C)(C)C)NC(=O)CCCCCCCCCCCCCCCCCCCCCCCCCCCCCCCCCC. The number of amides is 1. The number of unbranched alkanes of at least 4 members (excludes halogenated alkanes) is 46. The van der Waals surface area contributed by atoms with Gasteiger partial charge in [0.1, 0.15) is 13.2 Å². The molecule has 71 heavy (non-hydrogen) atoms. The number of hydrogen-bond donors (Lipinski definition) is 2. The molecule has 0 fully saturated rings. The van der Waals surface area contributed by atoms with Gasteiger partial charge >= 0.3 is 0 Å². The molecule has 0 saturated heterocycles. The largest absolute Gasteiger partial charge is 0.756 e. The Morgan fingerprint density at radius 3 is 1.06 bits per heavy atom. The predicted molar refractivity (Wildman–Crippen MR) is 307 cm³/mol. The lowest BCUT2D eigenvalue weighted by atomic mass is 10.0. The van der Waals surface area contributed by atoms with E-state index in [9.17, 15) is 19.4 Å². The summed E-state index contributed by atoms with van der Waals surface area (Å²) in [4.78, 5) is 25.5. The van der Waals surface area contributed by atoms with Gasteiger partial charge in [0.2, 0.25) is 5.91 Å². The van der Waals surface area contributed by atoms with Crippen molar-refractivity contribution in [2.75, 3.05) is 40.9 Å². The van der Waals surface area contributed by atoms with E-state index in [1.807, 2.05) is 27.2 Å². The fraction of sp³-hybridized carbons (Fsp3) is 0.952. The molecule has 3 atom stereocenters. The maximum absolute atomic E-state index is 13.0. The van der Waals surface area contributed by atoms with Crippen molar-refractivity contribution < 1.29 is 32.9 Å². The van der Waals surface area contributed by atoms with Crippen molar-refractivity contribution in [2.24, 2.45) is 0 Å². The van der Waals surface area contributed by atoms with Gasteiger partial charge in [-0.05, 0) is 19.3 Å². The topological polar surface area (TPSA) is 108 Å². The second-order valence-electron chi connectivity index (χ2n) is 23.1. The lowest BCUT2D eigenvalue weighted by Gasteiger charge is -2.29. The Labute approximate surface area is 443 Å². The van der Waals surface area contributed by atoms with Crippen LogP contribution in [0.2, 0.25) is 0 Å². The Morgan fingerprint density at radius 1 is 0.479 bits per heavy atom. The number of aliphatic hydroxyl groups excluding tert-OH is 1. The first kappa shape index (κ1) is 70.2.